The number of nitrogens with one attached hydrogen (secondary N) is 1. The van der Waals surface area contributed by atoms with Gasteiger partial charge in [-0.3, -0.25) is 9.59 Å². The molecule has 1 N–H and O–H groups in total. The Kier molecular flexibility index (Phi) is 6.77. The number of carbonyl (C=O) groups excluding carboxylic acids is 2. The number of rotatable bonds is 4. The van der Waals surface area contributed by atoms with Crippen molar-refractivity contribution in [2.75, 3.05) is 0 Å². The van der Waals surface area contributed by atoms with E-state index in [1.807, 2.05) is 20.8 Å². The van der Waals surface area contributed by atoms with E-state index < -0.39 is 0 Å². The van der Waals surface area contributed by atoms with Crippen molar-refractivity contribution >= 4 is 32.3 Å². The van der Waals surface area contributed by atoms with E-state index in [0.717, 1.165) is 12.8 Å². The number of hydrogen-bond donors (Lipinski definition) is 1. The lowest BCUT2D eigenvalue weighted by atomic mass is 9.87. The van der Waals surface area contributed by atoms with Gasteiger partial charge in [-0.05, 0) is 24.2 Å². The molecule has 1 saturated carbocycles. The molecule has 0 aliphatic heterocycles. The molecule has 0 spiro atoms. The molecule has 1 aliphatic rings. The Bertz CT molecular complexity index is 315. The summed E-state index contributed by atoms with van der Waals surface area (Å²) >= 11 is 1.79. The number of carbonyl (C=O) groups is 2. The fraction of sp³-hybridized carbons (Fsp3) is 0.867. The fourth-order valence-electron chi connectivity index (χ4n) is 2.66. The minimum absolute atomic E-state index is 0.0133. The van der Waals surface area contributed by atoms with E-state index in [0.29, 0.717) is 12.3 Å². The molecule has 4 heteroatoms. The maximum Gasteiger partial charge on any atom is 0.220 e. The van der Waals surface area contributed by atoms with Gasteiger partial charge in [-0.1, -0.05) is 46.5 Å². The Morgan fingerprint density at radius 3 is 2.11 bits per heavy atom. The Hall–Kier alpha value is -0.130. The fourth-order valence-corrected chi connectivity index (χ4v) is 3.75. The van der Waals surface area contributed by atoms with Gasteiger partial charge in [0.05, 0.1) is 0 Å². The van der Waals surface area contributed by atoms with Gasteiger partial charge in [0, 0.05) is 29.0 Å². The first-order valence-electron chi connectivity index (χ1n) is 7.29. The third-order valence-corrected chi connectivity index (χ3v) is 4.47. The Labute approximate surface area is 130 Å². The summed E-state index contributed by atoms with van der Waals surface area (Å²) in [4.78, 5) is 23.8. The summed E-state index contributed by atoms with van der Waals surface area (Å²) < 4.78 is 0.0133. The number of hydrogen-bond acceptors (Lipinski definition) is 2. The molecule has 1 aliphatic carbocycles. The second kappa shape index (κ2) is 7.60. The second-order valence-electron chi connectivity index (χ2n) is 6.73. The number of halogens is 1. The van der Waals surface area contributed by atoms with Crippen molar-refractivity contribution in [1.29, 1.82) is 0 Å². The van der Waals surface area contributed by atoms with Crippen molar-refractivity contribution in [3.05, 3.63) is 0 Å². The molecule has 1 atom stereocenters. The van der Waals surface area contributed by atoms with E-state index in [1.165, 1.54) is 25.7 Å². The van der Waals surface area contributed by atoms with Crippen LogP contribution < -0.4 is 5.32 Å². The van der Waals surface area contributed by atoms with Crippen molar-refractivity contribution in [3.8, 4) is 0 Å². The van der Waals surface area contributed by atoms with Crippen molar-refractivity contribution in [2.24, 2.45) is 11.3 Å². The zero-order valence-electron chi connectivity index (χ0n) is 12.3. The van der Waals surface area contributed by atoms with Gasteiger partial charge in [-0.25, -0.2) is 0 Å². The van der Waals surface area contributed by atoms with Gasteiger partial charge in [0.2, 0.25) is 9.70 Å². The molecule has 1 unspecified atom stereocenters. The van der Waals surface area contributed by atoms with Gasteiger partial charge in [0.1, 0.15) is 6.04 Å². The molecule has 0 radical (unpaired) electrons. The quantitative estimate of drug-likeness (QED) is 0.458. The van der Waals surface area contributed by atoms with Crippen LogP contribution in [-0.2, 0) is 9.59 Å². The molecular formula is C15H26INO2. The summed E-state index contributed by atoms with van der Waals surface area (Å²) in [5, 5.41) is 2.93. The minimum atomic E-state index is -0.383. The molecule has 1 fully saturated rings. The van der Waals surface area contributed by atoms with Crippen LogP contribution in [-0.4, -0.2) is 15.7 Å². The highest BCUT2D eigenvalue weighted by molar-refractivity contribution is 14.1. The first-order valence-corrected chi connectivity index (χ1v) is 8.37. The second-order valence-corrected chi connectivity index (χ2v) is 7.80. The normalized spacial score (nSPS) is 19.6. The average molecular weight is 379 g/mol. The van der Waals surface area contributed by atoms with E-state index in [4.69, 9.17) is 0 Å². The Balaban J connectivity index is 2.50. The highest BCUT2D eigenvalue weighted by atomic mass is 127. The summed E-state index contributed by atoms with van der Waals surface area (Å²) in [5.41, 5.74) is -0.225. The van der Waals surface area contributed by atoms with Crippen LogP contribution in [0.5, 0.6) is 0 Å². The predicted molar refractivity (Wildman–Crippen MR) is 86.2 cm³/mol. The minimum Gasteiger partial charge on any atom is -0.345 e. The van der Waals surface area contributed by atoms with Gasteiger partial charge in [0.25, 0.3) is 0 Å². The highest BCUT2D eigenvalue weighted by Gasteiger charge is 2.31. The van der Waals surface area contributed by atoms with E-state index in [9.17, 15) is 9.59 Å². The highest BCUT2D eigenvalue weighted by Crippen LogP contribution is 2.26. The third kappa shape index (κ3) is 6.23. The van der Waals surface area contributed by atoms with Crippen molar-refractivity contribution < 1.29 is 9.59 Å². The van der Waals surface area contributed by atoms with Gasteiger partial charge >= 0.3 is 0 Å². The monoisotopic (exact) mass is 379 g/mol. The molecule has 1 rings (SSSR count). The third-order valence-electron chi connectivity index (χ3n) is 3.85. The van der Waals surface area contributed by atoms with Crippen molar-refractivity contribution in [3.63, 3.8) is 0 Å². The van der Waals surface area contributed by atoms with Gasteiger partial charge in [-0.15, -0.1) is 0 Å². The molecule has 0 aromatic carbocycles. The standard InChI is InChI=1S/C15H26INO2/c1-15(2,3)13(14(16)19)17-12(18)10-11-8-6-4-5-7-9-11/h11,13H,4-10H2,1-3H3,(H,17,18). The molecule has 0 aromatic rings. The van der Waals surface area contributed by atoms with Crippen molar-refractivity contribution in [2.45, 2.75) is 71.8 Å². The average Bonchev–Trinajstić information content (AvgIpc) is 2.52. The zero-order valence-corrected chi connectivity index (χ0v) is 14.5. The van der Waals surface area contributed by atoms with Gasteiger partial charge in [-0.2, -0.15) is 0 Å². The Morgan fingerprint density at radius 2 is 1.68 bits per heavy atom. The topological polar surface area (TPSA) is 46.2 Å². The molecule has 0 bridgehead atoms. The van der Waals surface area contributed by atoms with Crippen LogP contribution in [0, 0.1) is 11.3 Å². The van der Waals surface area contributed by atoms with E-state index >= 15 is 0 Å². The van der Waals surface area contributed by atoms with Crippen LogP contribution in [0.4, 0.5) is 0 Å². The first kappa shape index (κ1) is 16.9. The zero-order chi connectivity index (χ0) is 14.5. The molecule has 1 amide bonds. The molecule has 110 valence electrons. The van der Waals surface area contributed by atoms with Crippen LogP contribution in [0.3, 0.4) is 0 Å². The molecule has 3 nitrogen and oxygen atoms in total. The lowest BCUT2D eigenvalue weighted by Crippen LogP contribution is -2.47. The SMILES string of the molecule is CC(C)(C)C(NC(=O)CC1CCCCCC1)C(=O)I. The molecule has 0 heterocycles. The van der Waals surface area contributed by atoms with Gasteiger partial charge < -0.3 is 5.32 Å². The lowest BCUT2D eigenvalue weighted by Gasteiger charge is -2.29. The first-order chi connectivity index (χ1) is 8.80. The van der Waals surface area contributed by atoms with Crippen LogP contribution in [0.25, 0.3) is 0 Å². The van der Waals surface area contributed by atoms with Crippen LogP contribution >= 0.6 is 22.6 Å². The van der Waals surface area contributed by atoms with E-state index in [-0.39, 0.29) is 21.2 Å². The molecule has 19 heavy (non-hydrogen) atoms. The largest absolute Gasteiger partial charge is 0.345 e. The van der Waals surface area contributed by atoms with Crippen LogP contribution in [0.1, 0.15) is 65.7 Å². The Morgan fingerprint density at radius 1 is 1.16 bits per heavy atom. The van der Waals surface area contributed by atoms with Crippen LogP contribution in [0.2, 0.25) is 0 Å². The molecule has 0 aromatic heterocycles. The van der Waals surface area contributed by atoms with Gasteiger partial charge in [0.15, 0.2) is 0 Å². The molecule has 0 saturated heterocycles. The van der Waals surface area contributed by atoms with Crippen molar-refractivity contribution in [1.82, 2.24) is 5.32 Å². The summed E-state index contributed by atoms with van der Waals surface area (Å²) in [6.07, 6.45) is 7.98. The summed E-state index contributed by atoms with van der Waals surface area (Å²) in [6, 6.07) is -0.383. The summed E-state index contributed by atoms with van der Waals surface area (Å²) in [5.74, 6) is 0.546. The lowest BCUT2D eigenvalue weighted by molar-refractivity contribution is -0.126. The number of amides is 1. The maximum absolute atomic E-state index is 12.1. The summed E-state index contributed by atoms with van der Waals surface area (Å²) in [6.45, 7) is 5.96. The maximum atomic E-state index is 12.1. The van der Waals surface area contributed by atoms with E-state index in [2.05, 4.69) is 5.32 Å². The smallest absolute Gasteiger partial charge is 0.220 e. The summed E-state index contributed by atoms with van der Waals surface area (Å²) in [7, 11) is 0. The van der Waals surface area contributed by atoms with Crippen LogP contribution in [0.15, 0.2) is 0 Å². The predicted octanol–water partition coefficient (Wildman–Crippen LogP) is 3.84. The molecular weight excluding hydrogens is 353 g/mol. The van der Waals surface area contributed by atoms with E-state index in [1.54, 1.807) is 22.6 Å².